The molecular formula is C13H15F3N2O2. The van der Waals surface area contributed by atoms with Gasteiger partial charge >= 0.3 is 6.18 Å². The predicted molar refractivity (Wildman–Crippen MR) is 67.1 cm³/mol. The first-order valence-corrected chi connectivity index (χ1v) is 6.05. The monoisotopic (exact) mass is 288 g/mol. The molecule has 1 aromatic rings. The van der Waals surface area contributed by atoms with Gasteiger partial charge < -0.3 is 10.6 Å². The Labute approximate surface area is 114 Å². The van der Waals surface area contributed by atoms with Crippen molar-refractivity contribution in [2.24, 2.45) is 0 Å². The zero-order chi connectivity index (χ0) is 15.0. The standard InChI is InChI=1S/C13H15F3N2O2/c14-13(15,16)9-18-11(19)7-4-8-17-12(20)10-5-2-1-3-6-10/h1-3,5-6H,4,7-9H2,(H,17,20)(H,18,19). The Balaban J connectivity index is 2.16. The van der Waals surface area contributed by atoms with Crippen LogP contribution in [0.15, 0.2) is 30.3 Å². The second kappa shape index (κ2) is 7.52. The van der Waals surface area contributed by atoms with Gasteiger partial charge in [-0.15, -0.1) is 0 Å². The Kier molecular flexibility index (Phi) is 6.02. The van der Waals surface area contributed by atoms with E-state index in [1.165, 1.54) is 0 Å². The van der Waals surface area contributed by atoms with E-state index in [9.17, 15) is 22.8 Å². The van der Waals surface area contributed by atoms with Gasteiger partial charge in [-0.1, -0.05) is 18.2 Å². The van der Waals surface area contributed by atoms with Gasteiger partial charge in [0.1, 0.15) is 6.54 Å². The predicted octanol–water partition coefficient (Wildman–Crippen LogP) is 1.88. The summed E-state index contributed by atoms with van der Waals surface area (Å²) in [4.78, 5) is 22.7. The summed E-state index contributed by atoms with van der Waals surface area (Å²) < 4.78 is 35.5. The molecule has 0 saturated carbocycles. The molecule has 0 saturated heterocycles. The van der Waals surface area contributed by atoms with Gasteiger partial charge in [-0.3, -0.25) is 9.59 Å². The molecule has 0 bridgehead atoms. The minimum absolute atomic E-state index is 0.0643. The van der Waals surface area contributed by atoms with Crippen LogP contribution in [0.2, 0.25) is 0 Å². The minimum Gasteiger partial charge on any atom is -0.352 e. The van der Waals surface area contributed by atoms with Gasteiger partial charge in [0.2, 0.25) is 5.91 Å². The zero-order valence-corrected chi connectivity index (χ0v) is 10.7. The molecule has 0 unspecified atom stereocenters. The summed E-state index contributed by atoms with van der Waals surface area (Å²) in [6.45, 7) is -1.10. The number of carbonyl (C=O) groups excluding carboxylic acids is 2. The zero-order valence-electron chi connectivity index (χ0n) is 10.7. The van der Waals surface area contributed by atoms with Crippen molar-refractivity contribution < 1.29 is 22.8 Å². The second-order valence-electron chi connectivity index (χ2n) is 4.12. The van der Waals surface area contributed by atoms with Crippen LogP contribution in [0.3, 0.4) is 0 Å². The highest BCUT2D eigenvalue weighted by Gasteiger charge is 2.27. The number of alkyl halides is 3. The molecule has 0 fully saturated rings. The number of amides is 2. The Morgan fingerprint density at radius 3 is 2.30 bits per heavy atom. The molecule has 0 aliphatic rings. The maximum Gasteiger partial charge on any atom is 0.405 e. The summed E-state index contributed by atoms with van der Waals surface area (Å²) in [5.74, 6) is -0.961. The lowest BCUT2D eigenvalue weighted by molar-refractivity contribution is -0.138. The molecule has 2 N–H and O–H groups in total. The van der Waals surface area contributed by atoms with Crippen LogP contribution in [0.5, 0.6) is 0 Å². The van der Waals surface area contributed by atoms with Crippen molar-refractivity contribution >= 4 is 11.8 Å². The molecule has 0 radical (unpaired) electrons. The first kappa shape index (κ1) is 16.0. The fraction of sp³-hybridized carbons (Fsp3) is 0.385. The number of hydrogen-bond donors (Lipinski definition) is 2. The third kappa shape index (κ3) is 6.77. The first-order chi connectivity index (χ1) is 9.38. The summed E-state index contributed by atoms with van der Waals surface area (Å²) >= 11 is 0. The van der Waals surface area contributed by atoms with Crippen LogP contribution in [0.1, 0.15) is 23.2 Å². The van der Waals surface area contributed by atoms with E-state index < -0.39 is 18.6 Å². The van der Waals surface area contributed by atoms with E-state index in [4.69, 9.17) is 0 Å². The van der Waals surface area contributed by atoms with Gasteiger partial charge in [-0.2, -0.15) is 13.2 Å². The molecule has 0 aliphatic heterocycles. The van der Waals surface area contributed by atoms with Crippen molar-refractivity contribution in [1.29, 1.82) is 0 Å². The Morgan fingerprint density at radius 2 is 1.70 bits per heavy atom. The normalized spacial score (nSPS) is 10.9. The number of halogens is 3. The van der Waals surface area contributed by atoms with E-state index in [1.54, 1.807) is 35.6 Å². The maximum atomic E-state index is 11.8. The number of hydrogen-bond acceptors (Lipinski definition) is 2. The van der Waals surface area contributed by atoms with Crippen LogP contribution < -0.4 is 10.6 Å². The van der Waals surface area contributed by atoms with Gasteiger partial charge in [0, 0.05) is 18.5 Å². The van der Waals surface area contributed by atoms with Gasteiger partial charge in [0.25, 0.3) is 5.91 Å². The van der Waals surface area contributed by atoms with Crippen LogP contribution in [-0.4, -0.2) is 31.1 Å². The summed E-state index contributed by atoms with van der Waals surface area (Å²) in [6.07, 6.45) is -4.19. The Hall–Kier alpha value is -2.05. The molecule has 0 aliphatic carbocycles. The van der Waals surface area contributed by atoms with Crippen molar-refractivity contribution in [1.82, 2.24) is 10.6 Å². The molecule has 0 heterocycles. The number of benzene rings is 1. The fourth-order valence-corrected chi connectivity index (χ4v) is 1.43. The van der Waals surface area contributed by atoms with Crippen LogP contribution >= 0.6 is 0 Å². The highest BCUT2D eigenvalue weighted by atomic mass is 19.4. The third-order valence-corrected chi connectivity index (χ3v) is 2.39. The molecule has 4 nitrogen and oxygen atoms in total. The molecule has 0 atom stereocenters. The molecule has 7 heteroatoms. The summed E-state index contributed by atoms with van der Waals surface area (Å²) in [5.41, 5.74) is 0.494. The van der Waals surface area contributed by atoms with Crippen LogP contribution in [0.4, 0.5) is 13.2 Å². The van der Waals surface area contributed by atoms with E-state index >= 15 is 0 Å². The third-order valence-electron chi connectivity index (χ3n) is 2.39. The number of rotatable bonds is 6. The molecule has 0 spiro atoms. The van der Waals surface area contributed by atoms with E-state index in [2.05, 4.69) is 5.32 Å². The van der Waals surface area contributed by atoms with Crippen molar-refractivity contribution in [2.45, 2.75) is 19.0 Å². The van der Waals surface area contributed by atoms with Crippen LogP contribution in [-0.2, 0) is 4.79 Å². The van der Waals surface area contributed by atoms with E-state index in [0.717, 1.165) is 0 Å². The molecule has 110 valence electrons. The van der Waals surface area contributed by atoms with Crippen molar-refractivity contribution in [3.8, 4) is 0 Å². The largest absolute Gasteiger partial charge is 0.405 e. The van der Waals surface area contributed by atoms with E-state index in [1.807, 2.05) is 0 Å². The average Bonchev–Trinajstić information content (AvgIpc) is 2.41. The van der Waals surface area contributed by atoms with E-state index in [-0.39, 0.29) is 25.3 Å². The highest BCUT2D eigenvalue weighted by Crippen LogP contribution is 2.12. The molecule has 1 rings (SSSR count). The maximum absolute atomic E-state index is 11.8. The molecule has 1 aromatic carbocycles. The summed E-state index contributed by atoms with van der Waals surface area (Å²) in [6, 6.07) is 8.51. The van der Waals surface area contributed by atoms with Gasteiger partial charge in [-0.05, 0) is 18.6 Å². The number of nitrogens with one attached hydrogen (secondary N) is 2. The van der Waals surface area contributed by atoms with Crippen molar-refractivity contribution in [2.75, 3.05) is 13.1 Å². The quantitative estimate of drug-likeness (QED) is 0.785. The lowest BCUT2D eigenvalue weighted by Gasteiger charge is -2.08. The number of carbonyl (C=O) groups is 2. The van der Waals surface area contributed by atoms with Gasteiger partial charge in [0.15, 0.2) is 0 Å². The average molecular weight is 288 g/mol. The van der Waals surface area contributed by atoms with Crippen molar-refractivity contribution in [3.63, 3.8) is 0 Å². The summed E-state index contributed by atoms with van der Waals surface area (Å²) in [7, 11) is 0. The Bertz CT molecular complexity index is 447. The topological polar surface area (TPSA) is 58.2 Å². The second-order valence-corrected chi connectivity index (χ2v) is 4.12. The lowest BCUT2D eigenvalue weighted by Crippen LogP contribution is -2.34. The lowest BCUT2D eigenvalue weighted by atomic mass is 10.2. The van der Waals surface area contributed by atoms with Gasteiger partial charge in [-0.25, -0.2) is 0 Å². The minimum atomic E-state index is -4.41. The van der Waals surface area contributed by atoms with Crippen molar-refractivity contribution in [3.05, 3.63) is 35.9 Å². The summed E-state index contributed by atoms with van der Waals surface area (Å²) in [5, 5.41) is 4.35. The van der Waals surface area contributed by atoms with Crippen LogP contribution in [0, 0.1) is 0 Å². The fourth-order valence-electron chi connectivity index (χ4n) is 1.43. The van der Waals surface area contributed by atoms with E-state index in [0.29, 0.717) is 5.56 Å². The highest BCUT2D eigenvalue weighted by molar-refractivity contribution is 5.94. The molecule has 0 aromatic heterocycles. The molecular weight excluding hydrogens is 273 g/mol. The first-order valence-electron chi connectivity index (χ1n) is 6.05. The Morgan fingerprint density at radius 1 is 1.05 bits per heavy atom. The smallest absolute Gasteiger partial charge is 0.352 e. The molecule has 20 heavy (non-hydrogen) atoms. The van der Waals surface area contributed by atoms with Gasteiger partial charge in [0.05, 0.1) is 0 Å². The molecule has 2 amide bonds. The SMILES string of the molecule is O=C(CCCNC(=O)c1ccccc1)NCC(F)(F)F. The van der Waals surface area contributed by atoms with Crippen LogP contribution in [0.25, 0.3) is 0 Å².